The predicted molar refractivity (Wildman–Crippen MR) is 106 cm³/mol. The molecular formula is C22H28N2O3. The van der Waals surface area contributed by atoms with Gasteiger partial charge in [-0.05, 0) is 19.4 Å². The van der Waals surface area contributed by atoms with Crippen molar-refractivity contribution in [1.29, 1.82) is 0 Å². The van der Waals surface area contributed by atoms with E-state index in [1.54, 1.807) is 11.8 Å². The molecule has 5 heteroatoms. The number of amides is 1. The van der Waals surface area contributed by atoms with Crippen molar-refractivity contribution in [2.75, 3.05) is 19.7 Å². The van der Waals surface area contributed by atoms with Crippen LogP contribution >= 0.6 is 0 Å². The molecule has 1 unspecified atom stereocenters. The molecule has 1 amide bonds. The van der Waals surface area contributed by atoms with Gasteiger partial charge in [-0.15, -0.1) is 0 Å². The second-order valence-electron chi connectivity index (χ2n) is 6.42. The van der Waals surface area contributed by atoms with Crippen molar-refractivity contribution >= 4 is 11.9 Å². The number of piperazine rings is 1. The van der Waals surface area contributed by atoms with E-state index in [0.29, 0.717) is 26.2 Å². The summed E-state index contributed by atoms with van der Waals surface area (Å²) in [5, 5.41) is 3.08. The minimum absolute atomic E-state index is 0.0341. The summed E-state index contributed by atoms with van der Waals surface area (Å²) in [5.41, 5.74) is 2.42. The SMILES string of the molecule is CCOC(=O)CC1NCCN(Cc2ccccc2)C1=O.Cc1ccccc1. The first-order chi connectivity index (χ1) is 13.1. The maximum Gasteiger partial charge on any atom is 0.307 e. The number of benzene rings is 2. The summed E-state index contributed by atoms with van der Waals surface area (Å²) in [6.07, 6.45) is 0.0952. The van der Waals surface area contributed by atoms with Gasteiger partial charge in [0, 0.05) is 19.6 Å². The number of rotatable bonds is 5. The normalized spacial score (nSPS) is 16.3. The topological polar surface area (TPSA) is 58.6 Å². The Kier molecular flexibility index (Phi) is 8.52. The lowest BCUT2D eigenvalue weighted by molar-refractivity contribution is -0.148. The van der Waals surface area contributed by atoms with Crippen molar-refractivity contribution in [2.45, 2.75) is 32.9 Å². The second-order valence-corrected chi connectivity index (χ2v) is 6.42. The molecule has 144 valence electrons. The molecule has 0 bridgehead atoms. The molecule has 1 saturated heterocycles. The van der Waals surface area contributed by atoms with Gasteiger partial charge >= 0.3 is 5.97 Å². The Hall–Kier alpha value is -2.66. The van der Waals surface area contributed by atoms with Gasteiger partial charge in [0.2, 0.25) is 5.91 Å². The largest absolute Gasteiger partial charge is 0.466 e. The summed E-state index contributed by atoms with van der Waals surface area (Å²) in [7, 11) is 0. The van der Waals surface area contributed by atoms with E-state index in [1.165, 1.54) is 5.56 Å². The van der Waals surface area contributed by atoms with Crippen LogP contribution in [-0.4, -0.2) is 42.5 Å². The van der Waals surface area contributed by atoms with Gasteiger partial charge in [0.15, 0.2) is 0 Å². The van der Waals surface area contributed by atoms with Crippen LogP contribution in [-0.2, 0) is 20.9 Å². The van der Waals surface area contributed by atoms with E-state index < -0.39 is 6.04 Å². The highest BCUT2D eigenvalue weighted by Crippen LogP contribution is 2.11. The summed E-state index contributed by atoms with van der Waals surface area (Å²) in [5.74, 6) is -0.368. The Balaban J connectivity index is 0.000000313. The van der Waals surface area contributed by atoms with E-state index in [0.717, 1.165) is 5.56 Å². The molecule has 2 aromatic carbocycles. The number of ether oxygens (including phenoxy) is 1. The quantitative estimate of drug-likeness (QED) is 0.825. The molecule has 27 heavy (non-hydrogen) atoms. The number of hydrogen-bond acceptors (Lipinski definition) is 4. The Morgan fingerprint density at radius 1 is 1.11 bits per heavy atom. The lowest BCUT2D eigenvalue weighted by Gasteiger charge is -2.32. The fourth-order valence-electron chi connectivity index (χ4n) is 2.83. The molecule has 0 aromatic heterocycles. The van der Waals surface area contributed by atoms with Crippen LogP contribution in [0.1, 0.15) is 24.5 Å². The van der Waals surface area contributed by atoms with E-state index in [9.17, 15) is 9.59 Å². The standard InChI is InChI=1S/C15H20N2O3.C7H8/c1-2-20-14(18)10-13-15(19)17(9-8-16-13)11-12-6-4-3-5-7-12;1-7-5-3-2-4-6-7/h3-7,13,16H,2,8-11H2,1H3;2-6H,1H3. The maximum absolute atomic E-state index is 12.3. The zero-order chi connectivity index (χ0) is 19.5. The minimum atomic E-state index is -0.466. The zero-order valence-electron chi connectivity index (χ0n) is 16.1. The minimum Gasteiger partial charge on any atom is -0.466 e. The Labute approximate surface area is 161 Å². The molecule has 1 aliphatic rings. The lowest BCUT2D eigenvalue weighted by atomic mass is 10.1. The highest BCUT2D eigenvalue weighted by atomic mass is 16.5. The zero-order valence-corrected chi connectivity index (χ0v) is 16.1. The van der Waals surface area contributed by atoms with E-state index in [-0.39, 0.29) is 18.3 Å². The molecule has 3 rings (SSSR count). The molecule has 0 spiro atoms. The van der Waals surface area contributed by atoms with Crippen LogP contribution in [0.25, 0.3) is 0 Å². The number of esters is 1. The molecule has 5 nitrogen and oxygen atoms in total. The fraction of sp³-hybridized carbons (Fsp3) is 0.364. The summed E-state index contributed by atoms with van der Waals surface area (Å²) in [4.78, 5) is 25.6. The number of aryl methyl sites for hydroxylation is 1. The van der Waals surface area contributed by atoms with Crippen LogP contribution in [0.2, 0.25) is 0 Å². The lowest BCUT2D eigenvalue weighted by Crippen LogP contribution is -2.55. The third-order valence-corrected chi connectivity index (χ3v) is 4.22. The van der Waals surface area contributed by atoms with Gasteiger partial charge in [0.05, 0.1) is 19.1 Å². The first-order valence-electron chi connectivity index (χ1n) is 9.33. The van der Waals surface area contributed by atoms with Crippen molar-refractivity contribution < 1.29 is 14.3 Å². The van der Waals surface area contributed by atoms with Crippen LogP contribution in [0.4, 0.5) is 0 Å². The van der Waals surface area contributed by atoms with Gasteiger partial charge in [-0.25, -0.2) is 0 Å². The van der Waals surface area contributed by atoms with Crippen molar-refractivity contribution in [1.82, 2.24) is 10.2 Å². The van der Waals surface area contributed by atoms with Gasteiger partial charge in [-0.1, -0.05) is 66.2 Å². The van der Waals surface area contributed by atoms with Crippen LogP contribution in [0.5, 0.6) is 0 Å². The van der Waals surface area contributed by atoms with Gasteiger partial charge in [-0.2, -0.15) is 0 Å². The summed E-state index contributed by atoms with van der Waals surface area (Å²) >= 11 is 0. The first-order valence-corrected chi connectivity index (χ1v) is 9.33. The van der Waals surface area contributed by atoms with Crippen molar-refractivity contribution in [3.8, 4) is 0 Å². The number of hydrogen-bond donors (Lipinski definition) is 1. The van der Waals surface area contributed by atoms with Crippen LogP contribution in [0.15, 0.2) is 60.7 Å². The van der Waals surface area contributed by atoms with Crippen molar-refractivity contribution in [3.63, 3.8) is 0 Å². The average molecular weight is 368 g/mol. The molecule has 1 aliphatic heterocycles. The molecule has 1 heterocycles. The third-order valence-electron chi connectivity index (χ3n) is 4.22. The highest BCUT2D eigenvalue weighted by Gasteiger charge is 2.30. The number of carbonyl (C=O) groups is 2. The summed E-state index contributed by atoms with van der Waals surface area (Å²) in [6, 6.07) is 19.7. The monoisotopic (exact) mass is 368 g/mol. The smallest absolute Gasteiger partial charge is 0.307 e. The van der Waals surface area contributed by atoms with Crippen molar-refractivity contribution in [3.05, 3.63) is 71.8 Å². The summed E-state index contributed by atoms with van der Waals surface area (Å²) < 4.78 is 4.90. The number of carbonyl (C=O) groups excluding carboxylic acids is 2. The van der Waals surface area contributed by atoms with Gasteiger partial charge in [0.1, 0.15) is 0 Å². The molecule has 0 saturated carbocycles. The Morgan fingerprint density at radius 2 is 1.74 bits per heavy atom. The van der Waals surface area contributed by atoms with E-state index in [1.807, 2.05) is 48.5 Å². The van der Waals surface area contributed by atoms with Crippen molar-refractivity contribution in [2.24, 2.45) is 0 Å². The number of nitrogens with zero attached hydrogens (tertiary/aromatic N) is 1. The van der Waals surface area contributed by atoms with Crippen LogP contribution in [0.3, 0.4) is 0 Å². The summed E-state index contributed by atoms with van der Waals surface area (Å²) in [6.45, 7) is 6.12. The fourth-order valence-corrected chi connectivity index (χ4v) is 2.83. The third kappa shape index (κ3) is 7.23. The first kappa shape index (κ1) is 20.6. The van der Waals surface area contributed by atoms with Gasteiger partial charge in [0.25, 0.3) is 0 Å². The molecule has 1 N–H and O–H groups in total. The Morgan fingerprint density at radius 3 is 2.30 bits per heavy atom. The van der Waals surface area contributed by atoms with E-state index in [2.05, 4.69) is 24.4 Å². The highest BCUT2D eigenvalue weighted by molar-refractivity contribution is 5.87. The van der Waals surface area contributed by atoms with Gasteiger partial charge in [-0.3, -0.25) is 9.59 Å². The molecule has 1 atom stereocenters. The molecule has 0 radical (unpaired) electrons. The Bertz CT molecular complexity index is 704. The number of nitrogens with one attached hydrogen (secondary N) is 1. The van der Waals surface area contributed by atoms with Gasteiger partial charge < -0.3 is 15.0 Å². The van der Waals surface area contributed by atoms with E-state index >= 15 is 0 Å². The molecule has 0 aliphatic carbocycles. The molecule has 2 aromatic rings. The second kappa shape index (κ2) is 11.1. The average Bonchev–Trinajstić information content (AvgIpc) is 2.67. The van der Waals surface area contributed by atoms with Crippen LogP contribution in [0, 0.1) is 6.92 Å². The molecule has 1 fully saturated rings. The van der Waals surface area contributed by atoms with E-state index in [4.69, 9.17) is 4.74 Å². The van der Waals surface area contributed by atoms with Crippen LogP contribution < -0.4 is 5.32 Å². The maximum atomic E-state index is 12.3. The predicted octanol–water partition coefficient (Wildman–Crippen LogP) is 2.94. The molecular weight excluding hydrogens is 340 g/mol.